The van der Waals surface area contributed by atoms with Crippen LogP contribution in [-0.4, -0.2) is 55.4 Å². The zero-order valence-electron chi connectivity index (χ0n) is 16.8. The normalized spacial score (nSPS) is 12.0. The van der Waals surface area contributed by atoms with Crippen LogP contribution in [0.1, 0.15) is 86.0 Å². The van der Waals surface area contributed by atoms with Gasteiger partial charge in [-0.25, -0.2) is 0 Å². The number of unbranched alkanes of at least 4 members (excludes halogenated alkanes) is 4. The van der Waals surface area contributed by atoms with Crippen LogP contribution in [0.15, 0.2) is 0 Å². The summed E-state index contributed by atoms with van der Waals surface area (Å²) in [4.78, 5) is 5.40. The first-order chi connectivity index (χ1) is 11.2. The molecule has 0 fully saturated rings. The van der Waals surface area contributed by atoms with Crippen LogP contribution in [0.2, 0.25) is 0 Å². The summed E-state index contributed by atoms with van der Waals surface area (Å²) >= 11 is 0. The first kappa shape index (κ1) is 22.9. The van der Waals surface area contributed by atoms with Crippen molar-refractivity contribution in [1.82, 2.24) is 9.80 Å². The standard InChI is InChI=1S/C20H44N2O/c1-6-11-15-21(16-12-7-2)20(19-23-10-5)22(17-13-8-3)18-14-9-4/h20H,6-19H2,1-5H3. The second kappa shape index (κ2) is 16.7. The van der Waals surface area contributed by atoms with E-state index in [9.17, 15) is 0 Å². The Kier molecular flexibility index (Phi) is 16.6. The highest BCUT2D eigenvalue weighted by atomic mass is 16.5. The van der Waals surface area contributed by atoms with Crippen LogP contribution in [0.25, 0.3) is 0 Å². The van der Waals surface area contributed by atoms with E-state index in [4.69, 9.17) is 4.74 Å². The van der Waals surface area contributed by atoms with Crippen molar-refractivity contribution in [2.24, 2.45) is 0 Å². The summed E-state index contributed by atoms with van der Waals surface area (Å²) in [7, 11) is 0. The van der Waals surface area contributed by atoms with E-state index in [1.54, 1.807) is 0 Å². The van der Waals surface area contributed by atoms with E-state index in [2.05, 4.69) is 44.4 Å². The average Bonchev–Trinajstić information content (AvgIpc) is 2.57. The third-order valence-corrected chi connectivity index (χ3v) is 4.51. The number of nitrogens with zero attached hydrogens (tertiary/aromatic N) is 2. The summed E-state index contributed by atoms with van der Waals surface area (Å²) in [5, 5.41) is 0. The Hall–Kier alpha value is -0.120. The van der Waals surface area contributed by atoms with Gasteiger partial charge in [0.1, 0.15) is 0 Å². The molecular weight excluding hydrogens is 284 g/mol. The third-order valence-electron chi connectivity index (χ3n) is 4.51. The van der Waals surface area contributed by atoms with Crippen LogP contribution in [0.3, 0.4) is 0 Å². The Bertz CT molecular complexity index is 200. The molecule has 0 heterocycles. The molecule has 0 aliphatic rings. The van der Waals surface area contributed by atoms with E-state index < -0.39 is 0 Å². The summed E-state index contributed by atoms with van der Waals surface area (Å²) in [6.07, 6.45) is 10.7. The Morgan fingerprint density at radius 3 is 1.22 bits per heavy atom. The Labute approximate surface area is 146 Å². The van der Waals surface area contributed by atoms with E-state index in [0.717, 1.165) is 13.2 Å². The second-order valence-corrected chi connectivity index (χ2v) is 6.63. The molecule has 3 nitrogen and oxygen atoms in total. The molecule has 0 N–H and O–H groups in total. The van der Waals surface area contributed by atoms with Gasteiger partial charge in [0.05, 0.1) is 12.8 Å². The predicted octanol–water partition coefficient (Wildman–Crippen LogP) is 5.15. The van der Waals surface area contributed by atoms with Crippen molar-refractivity contribution in [3.8, 4) is 0 Å². The third kappa shape index (κ3) is 11.1. The van der Waals surface area contributed by atoms with Gasteiger partial charge in [0, 0.05) is 6.61 Å². The summed E-state index contributed by atoms with van der Waals surface area (Å²) in [6, 6.07) is 0. The van der Waals surface area contributed by atoms with Crippen molar-refractivity contribution in [1.29, 1.82) is 0 Å². The molecule has 0 bridgehead atoms. The lowest BCUT2D eigenvalue weighted by Gasteiger charge is -2.40. The van der Waals surface area contributed by atoms with Crippen LogP contribution in [-0.2, 0) is 4.74 Å². The van der Waals surface area contributed by atoms with E-state index in [1.165, 1.54) is 77.5 Å². The molecule has 0 aliphatic heterocycles. The maximum Gasteiger partial charge on any atom is 0.0863 e. The molecule has 0 aromatic rings. The minimum Gasteiger partial charge on any atom is -0.379 e. The summed E-state index contributed by atoms with van der Waals surface area (Å²) in [6.45, 7) is 17.8. The lowest BCUT2D eigenvalue weighted by atomic mass is 10.2. The Morgan fingerprint density at radius 1 is 0.609 bits per heavy atom. The second-order valence-electron chi connectivity index (χ2n) is 6.63. The first-order valence-corrected chi connectivity index (χ1v) is 10.3. The zero-order chi connectivity index (χ0) is 17.3. The van der Waals surface area contributed by atoms with Gasteiger partial charge in [-0.3, -0.25) is 9.80 Å². The van der Waals surface area contributed by atoms with Crippen molar-refractivity contribution in [2.45, 2.75) is 92.2 Å². The van der Waals surface area contributed by atoms with Crippen molar-refractivity contribution >= 4 is 0 Å². The van der Waals surface area contributed by atoms with Gasteiger partial charge in [0.25, 0.3) is 0 Å². The minimum atomic E-state index is 0.464. The van der Waals surface area contributed by atoms with Crippen molar-refractivity contribution in [3.05, 3.63) is 0 Å². The van der Waals surface area contributed by atoms with Gasteiger partial charge in [0.15, 0.2) is 0 Å². The molecule has 0 radical (unpaired) electrons. The molecule has 23 heavy (non-hydrogen) atoms. The summed E-state index contributed by atoms with van der Waals surface area (Å²) < 4.78 is 5.89. The van der Waals surface area contributed by atoms with Crippen LogP contribution in [0.4, 0.5) is 0 Å². The van der Waals surface area contributed by atoms with Gasteiger partial charge in [-0.15, -0.1) is 0 Å². The van der Waals surface area contributed by atoms with E-state index in [-0.39, 0.29) is 0 Å². The molecule has 0 aromatic heterocycles. The topological polar surface area (TPSA) is 15.7 Å². The quantitative estimate of drug-likeness (QED) is 0.343. The van der Waals surface area contributed by atoms with Gasteiger partial charge < -0.3 is 4.74 Å². The van der Waals surface area contributed by atoms with Gasteiger partial charge in [-0.1, -0.05) is 53.4 Å². The number of hydrogen-bond acceptors (Lipinski definition) is 3. The van der Waals surface area contributed by atoms with Gasteiger partial charge >= 0.3 is 0 Å². The Balaban J connectivity index is 4.97. The summed E-state index contributed by atoms with van der Waals surface area (Å²) in [5.41, 5.74) is 0. The highest BCUT2D eigenvalue weighted by Gasteiger charge is 2.24. The molecule has 0 saturated heterocycles. The fourth-order valence-electron chi connectivity index (χ4n) is 2.93. The molecular formula is C20H44N2O. The molecule has 0 rings (SSSR count). The minimum absolute atomic E-state index is 0.464. The molecule has 0 unspecified atom stereocenters. The highest BCUT2D eigenvalue weighted by Crippen LogP contribution is 2.13. The van der Waals surface area contributed by atoms with Crippen LogP contribution >= 0.6 is 0 Å². The lowest BCUT2D eigenvalue weighted by Crippen LogP contribution is -2.52. The van der Waals surface area contributed by atoms with Crippen molar-refractivity contribution in [2.75, 3.05) is 39.4 Å². The molecule has 0 atom stereocenters. The highest BCUT2D eigenvalue weighted by molar-refractivity contribution is 4.74. The van der Waals surface area contributed by atoms with Crippen molar-refractivity contribution < 1.29 is 4.74 Å². The number of ether oxygens (including phenoxy) is 1. The van der Waals surface area contributed by atoms with Crippen LogP contribution in [0, 0.1) is 0 Å². The van der Waals surface area contributed by atoms with Crippen molar-refractivity contribution in [3.63, 3.8) is 0 Å². The molecule has 0 aliphatic carbocycles. The SMILES string of the molecule is CCCCN(CCCC)C(COCC)N(CCCC)CCCC. The van der Waals surface area contributed by atoms with E-state index in [0.29, 0.717) is 6.17 Å². The summed E-state index contributed by atoms with van der Waals surface area (Å²) in [5.74, 6) is 0. The van der Waals surface area contributed by atoms with Gasteiger partial charge in [0.2, 0.25) is 0 Å². The van der Waals surface area contributed by atoms with Crippen LogP contribution < -0.4 is 0 Å². The van der Waals surface area contributed by atoms with Gasteiger partial charge in [-0.2, -0.15) is 0 Å². The largest absolute Gasteiger partial charge is 0.379 e. The zero-order valence-corrected chi connectivity index (χ0v) is 16.8. The molecule has 3 heteroatoms. The van der Waals surface area contributed by atoms with E-state index in [1.807, 2.05) is 0 Å². The van der Waals surface area contributed by atoms with Gasteiger partial charge in [-0.05, 0) is 58.8 Å². The molecule has 0 spiro atoms. The van der Waals surface area contributed by atoms with E-state index >= 15 is 0 Å². The molecule has 0 aromatic carbocycles. The fraction of sp³-hybridized carbons (Fsp3) is 1.00. The lowest BCUT2D eigenvalue weighted by molar-refractivity contribution is -0.0261. The fourth-order valence-corrected chi connectivity index (χ4v) is 2.93. The number of rotatable bonds is 17. The maximum atomic E-state index is 5.89. The monoisotopic (exact) mass is 328 g/mol. The predicted molar refractivity (Wildman–Crippen MR) is 103 cm³/mol. The maximum absolute atomic E-state index is 5.89. The molecule has 0 saturated carbocycles. The molecule has 140 valence electrons. The first-order valence-electron chi connectivity index (χ1n) is 10.3. The van der Waals surface area contributed by atoms with Crippen LogP contribution in [0.5, 0.6) is 0 Å². The molecule has 0 amide bonds. The average molecular weight is 329 g/mol. The Morgan fingerprint density at radius 2 is 0.957 bits per heavy atom. The number of hydrogen-bond donors (Lipinski definition) is 0. The smallest absolute Gasteiger partial charge is 0.0863 e.